The molecule has 1 aromatic heterocycles. The molecule has 17 heavy (non-hydrogen) atoms. The second-order valence-electron chi connectivity index (χ2n) is 4.73. The van der Waals surface area contributed by atoms with Crippen LogP contribution in [0.15, 0.2) is 12.3 Å². The molecule has 2 heterocycles. The standard InChI is InChI=1S/C13H23N3O/c1-2-7-16-13(3-6-15-16)11-14-10-12-4-8-17-9-5-12/h3,6,12,14H,2,4-5,7-11H2,1H3. The van der Waals surface area contributed by atoms with Crippen LogP contribution in [0.1, 0.15) is 31.9 Å². The molecule has 4 nitrogen and oxygen atoms in total. The Morgan fingerprint density at radius 2 is 2.29 bits per heavy atom. The number of ether oxygens (including phenoxy) is 1. The highest BCUT2D eigenvalue weighted by Crippen LogP contribution is 2.13. The van der Waals surface area contributed by atoms with Gasteiger partial charge in [0.25, 0.3) is 0 Å². The number of aryl methyl sites for hydroxylation is 1. The Morgan fingerprint density at radius 1 is 1.47 bits per heavy atom. The molecule has 1 N–H and O–H groups in total. The molecule has 0 bridgehead atoms. The van der Waals surface area contributed by atoms with Crippen molar-refractivity contribution in [1.82, 2.24) is 15.1 Å². The molecule has 0 radical (unpaired) electrons. The predicted molar refractivity (Wildman–Crippen MR) is 67.8 cm³/mol. The van der Waals surface area contributed by atoms with E-state index in [4.69, 9.17) is 4.74 Å². The summed E-state index contributed by atoms with van der Waals surface area (Å²) < 4.78 is 7.46. The van der Waals surface area contributed by atoms with E-state index in [2.05, 4.69) is 28.1 Å². The van der Waals surface area contributed by atoms with E-state index in [1.807, 2.05) is 6.20 Å². The molecular formula is C13H23N3O. The van der Waals surface area contributed by atoms with Gasteiger partial charge in [-0.15, -0.1) is 0 Å². The molecule has 0 atom stereocenters. The van der Waals surface area contributed by atoms with Crippen LogP contribution in [0.2, 0.25) is 0 Å². The third-order valence-electron chi connectivity index (χ3n) is 3.32. The van der Waals surface area contributed by atoms with Gasteiger partial charge in [0.1, 0.15) is 0 Å². The molecule has 0 saturated carbocycles. The molecule has 0 amide bonds. The van der Waals surface area contributed by atoms with Gasteiger partial charge in [0, 0.05) is 32.5 Å². The van der Waals surface area contributed by atoms with Crippen molar-refractivity contribution in [1.29, 1.82) is 0 Å². The van der Waals surface area contributed by atoms with Crippen LogP contribution in [0.3, 0.4) is 0 Å². The minimum absolute atomic E-state index is 0.784. The highest BCUT2D eigenvalue weighted by Gasteiger charge is 2.13. The second kappa shape index (κ2) is 6.77. The second-order valence-corrected chi connectivity index (χ2v) is 4.73. The van der Waals surface area contributed by atoms with Crippen LogP contribution in [0.5, 0.6) is 0 Å². The maximum Gasteiger partial charge on any atom is 0.0522 e. The normalized spacial score (nSPS) is 17.5. The van der Waals surface area contributed by atoms with Crippen molar-refractivity contribution < 1.29 is 4.74 Å². The lowest BCUT2D eigenvalue weighted by molar-refractivity contribution is 0.0662. The summed E-state index contributed by atoms with van der Waals surface area (Å²) in [5.41, 5.74) is 1.29. The maximum atomic E-state index is 5.36. The third-order valence-corrected chi connectivity index (χ3v) is 3.32. The van der Waals surface area contributed by atoms with Gasteiger partial charge < -0.3 is 10.1 Å². The van der Waals surface area contributed by atoms with Crippen LogP contribution in [0, 0.1) is 5.92 Å². The number of rotatable bonds is 6. The first kappa shape index (κ1) is 12.6. The summed E-state index contributed by atoms with van der Waals surface area (Å²) in [5.74, 6) is 0.784. The Balaban J connectivity index is 1.71. The van der Waals surface area contributed by atoms with E-state index in [1.54, 1.807) is 0 Å². The van der Waals surface area contributed by atoms with E-state index < -0.39 is 0 Å². The van der Waals surface area contributed by atoms with Crippen molar-refractivity contribution in [2.24, 2.45) is 5.92 Å². The van der Waals surface area contributed by atoms with Gasteiger partial charge >= 0.3 is 0 Å². The summed E-state index contributed by atoms with van der Waals surface area (Å²) in [4.78, 5) is 0. The number of hydrogen-bond donors (Lipinski definition) is 1. The first-order chi connectivity index (χ1) is 8.40. The summed E-state index contributed by atoms with van der Waals surface area (Å²) in [5, 5.41) is 7.87. The van der Waals surface area contributed by atoms with Crippen molar-refractivity contribution in [2.45, 2.75) is 39.3 Å². The molecular weight excluding hydrogens is 214 g/mol. The average molecular weight is 237 g/mol. The minimum atomic E-state index is 0.784. The molecule has 2 rings (SSSR count). The SMILES string of the molecule is CCCn1nccc1CNCC1CCOCC1. The van der Waals surface area contributed by atoms with E-state index in [9.17, 15) is 0 Å². The number of hydrogen-bond acceptors (Lipinski definition) is 3. The van der Waals surface area contributed by atoms with E-state index in [0.29, 0.717) is 0 Å². The van der Waals surface area contributed by atoms with E-state index in [-0.39, 0.29) is 0 Å². The van der Waals surface area contributed by atoms with Gasteiger partial charge in [-0.2, -0.15) is 5.10 Å². The van der Waals surface area contributed by atoms with Crippen molar-refractivity contribution in [3.63, 3.8) is 0 Å². The fourth-order valence-corrected chi connectivity index (χ4v) is 2.28. The Bertz CT molecular complexity index is 318. The minimum Gasteiger partial charge on any atom is -0.381 e. The molecule has 0 unspecified atom stereocenters. The molecule has 0 aliphatic carbocycles. The van der Waals surface area contributed by atoms with E-state index in [1.165, 1.54) is 18.5 Å². The lowest BCUT2D eigenvalue weighted by Crippen LogP contribution is -2.28. The topological polar surface area (TPSA) is 39.1 Å². The predicted octanol–water partition coefficient (Wildman–Crippen LogP) is 1.81. The Labute approximate surface area is 103 Å². The third kappa shape index (κ3) is 3.82. The average Bonchev–Trinajstić information content (AvgIpc) is 2.79. The molecule has 1 aromatic rings. The van der Waals surface area contributed by atoms with Crippen LogP contribution < -0.4 is 5.32 Å². The highest BCUT2D eigenvalue weighted by atomic mass is 16.5. The zero-order chi connectivity index (χ0) is 11.9. The number of nitrogens with zero attached hydrogens (tertiary/aromatic N) is 2. The van der Waals surface area contributed by atoms with Crippen LogP contribution in [-0.4, -0.2) is 29.5 Å². The summed E-state index contributed by atoms with van der Waals surface area (Å²) in [6, 6.07) is 2.10. The van der Waals surface area contributed by atoms with E-state index in [0.717, 1.165) is 45.2 Å². The van der Waals surface area contributed by atoms with Crippen LogP contribution >= 0.6 is 0 Å². The Morgan fingerprint density at radius 3 is 3.06 bits per heavy atom. The molecule has 1 fully saturated rings. The van der Waals surface area contributed by atoms with Crippen molar-refractivity contribution in [2.75, 3.05) is 19.8 Å². The smallest absolute Gasteiger partial charge is 0.0522 e. The number of aromatic nitrogens is 2. The largest absolute Gasteiger partial charge is 0.381 e. The lowest BCUT2D eigenvalue weighted by atomic mass is 10.0. The molecule has 1 saturated heterocycles. The van der Waals surface area contributed by atoms with Crippen molar-refractivity contribution in [3.8, 4) is 0 Å². The highest BCUT2D eigenvalue weighted by molar-refractivity contribution is 4.99. The quantitative estimate of drug-likeness (QED) is 0.820. The maximum absolute atomic E-state index is 5.36. The molecule has 0 aromatic carbocycles. The van der Waals surface area contributed by atoms with E-state index >= 15 is 0 Å². The summed E-state index contributed by atoms with van der Waals surface area (Å²) in [7, 11) is 0. The van der Waals surface area contributed by atoms with Crippen molar-refractivity contribution >= 4 is 0 Å². The molecule has 4 heteroatoms. The molecule has 1 aliphatic heterocycles. The molecule has 96 valence electrons. The lowest BCUT2D eigenvalue weighted by Gasteiger charge is -2.22. The van der Waals surface area contributed by atoms with Crippen LogP contribution in [0.4, 0.5) is 0 Å². The fraction of sp³-hybridized carbons (Fsp3) is 0.769. The van der Waals surface area contributed by atoms with Gasteiger partial charge in [0.2, 0.25) is 0 Å². The van der Waals surface area contributed by atoms with Gasteiger partial charge in [-0.25, -0.2) is 0 Å². The summed E-state index contributed by atoms with van der Waals surface area (Å²) >= 11 is 0. The Kier molecular flexibility index (Phi) is 5.01. The fourth-order valence-electron chi connectivity index (χ4n) is 2.28. The van der Waals surface area contributed by atoms with Gasteiger partial charge in [-0.05, 0) is 37.8 Å². The van der Waals surface area contributed by atoms with Crippen molar-refractivity contribution in [3.05, 3.63) is 18.0 Å². The van der Waals surface area contributed by atoms with Gasteiger partial charge in [-0.1, -0.05) is 6.92 Å². The van der Waals surface area contributed by atoms with Gasteiger partial charge in [-0.3, -0.25) is 4.68 Å². The van der Waals surface area contributed by atoms with Gasteiger partial charge in [0.15, 0.2) is 0 Å². The monoisotopic (exact) mass is 237 g/mol. The van der Waals surface area contributed by atoms with Gasteiger partial charge in [0.05, 0.1) is 5.69 Å². The molecule has 1 aliphatic rings. The summed E-state index contributed by atoms with van der Waals surface area (Å²) in [6.07, 6.45) is 5.41. The molecule has 0 spiro atoms. The van der Waals surface area contributed by atoms with Crippen LogP contribution in [-0.2, 0) is 17.8 Å². The summed E-state index contributed by atoms with van der Waals surface area (Å²) in [6.45, 7) is 7.08. The zero-order valence-corrected chi connectivity index (χ0v) is 10.7. The number of nitrogens with one attached hydrogen (secondary N) is 1. The zero-order valence-electron chi connectivity index (χ0n) is 10.7. The first-order valence-electron chi connectivity index (χ1n) is 6.69. The van der Waals surface area contributed by atoms with Crippen LogP contribution in [0.25, 0.3) is 0 Å². The first-order valence-corrected chi connectivity index (χ1v) is 6.69. The Hall–Kier alpha value is -0.870.